The Morgan fingerprint density at radius 1 is 1.26 bits per heavy atom. The third kappa shape index (κ3) is 5.88. The Bertz CT molecular complexity index is 447. The van der Waals surface area contributed by atoms with Crippen LogP contribution in [0.25, 0.3) is 0 Å². The Labute approximate surface area is 170 Å². The summed E-state index contributed by atoms with van der Waals surface area (Å²) in [6, 6.07) is -0.0795. The van der Waals surface area contributed by atoms with Crippen molar-refractivity contribution in [3.8, 4) is 0 Å². The van der Waals surface area contributed by atoms with Gasteiger partial charge in [0, 0.05) is 3.92 Å². The van der Waals surface area contributed by atoms with Gasteiger partial charge in [-0.15, -0.1) is 0 Å². The average Bonchev–Trinajstić information content (AvgIpc) is 2.35. The van der Waals surface area contributed by atoms with Crippen molar-refractivity contribution in [2.45, 2.75) is 72.6 Å². The van der Waals surface area contributed by atoms with Gasteiger partial charge in [0.25, 0.3) is 3.79 Å². The van der Waals surface area contributed by atoms with Crippen molar-refractivity contribution in [2.24, 2.45) is 10.9 Å². The predicted molar refractivity (Wildman–Crippen MR) is 112 cm³/mol. The number of ether oxygens (including phenoxy) is 1. The van der Waals surface area contributed by atoms with E-state index >= 15 is 0 Å². The Balaban J connectivity index is 3.10. The molecular formula is C15H27Cl3INO2Si. The van der Waals surface area contributed by atoms with Gasteiger partial charge >= 0.3 is 0 Å². The zero-order valence-corrected chi connectivity index (χ0v) is 20.2. The van der Waals surface area contributed by atoms with Gasteiger partial charge in [-0.1, -0.05) is 92.0 Å². The summed E-state index contributed by atoms with van der Waals surface area (Å²) in [6.07, 6.45) is -0.115. The van der Waals surface area contributed by atoms with Crippen molar-refractivity contribution in [1.82, 2.24) is 0 Å². The molecule has 136 valence electrons. The number of rotatable bonds is 4. The van der Waals surface area contributed by atoms with Crippen molar-refractivity contribution in [3.63, 3.8) is 0 Å². The van der Waals surface area contributed by atoms with Crippen molar-refractivity contribution in [3.05, 3.63) is 0 Å². The van der Waals surface area contributed by atoms with Gasteiger partial charge in [0.15, 0.2) is 8.32 Å². The summed E-state index contributed by atoms with van der Waals surface area (Å²) in [7, 11) is -1.93. The molecule has 0 fully saturated rings. The van der Waals surface area contributed by atoms with Gasteiger partial charge in [-0.25, -0.2) is 4.99 Å². The second kappa shape index (κ2) is 7.87. The van der Waals surface area contributed by atoms with Crippen molar-refractivity contribution in [2.75, 3.05) is 6.61 Å². The fraction of sp³-hybridized carbons (Fsp3) is 0.933. The highest BCUT2D eigenvalue weighted by Crippen LogP contribution is 2.40. The normalized spacial score (nSPS) is 25.1. The molecular weight excluding hydrogens is 488 g/mol. The molecule has 8 heteroatoms. The van der Waals surface area contributed by atoms with Gasteiger partial charge in [-0.2, -0.15) is 0 Å². The van der Waals surface area contributed by atoms with Crippen LogP contribution in [0.3, 0.4) is 0 Å². The monoisotopic (exact) mass is 513 g/mol. The van der Waals surface area contributed by atoms with E-state index in [0.29, 0.717) is 12.5 Å². The summed E-state index contributed by atoms with van der Waals surface area (Å²) in [5, 5.41) is 0.120. The first kappa shape index (κ1) is 22.3. The van der Waals surface area contributed by atoms with Crippen molar-refractivity contribution >= 4 is 71.6 Å². The molecule has 0 aromatic carbocycles. The van der Waals surface area contributed by atoms with E-state index in [9.17, 15) is 0 Å². The van der Waals surface area contributed by atoms with Crippen LogP contribution in [0.5, 0.6) is 0 Å². The van der Waals surface area contributed by atoms with Gasteiger partial charge in [-0.3, -0.25) is 0 Å². The first-order valence-electron chi connectivity index (χ1n) is 7.76. The molecule has 0 aliphatic carbocycles. The van der Waals surface area contributed by atoms with Crippen LogP contribution in [0.15, 0.2) is 4.99 Å². The standard InChI is InChI=1S/C15H27Cl3INO2Si/c1-9(2)11(19)12-10(22-23(6,7)14(3,4)5)8-21-13(20-12)15(16,17)18/h9-12H,8H2,1-7H3/t10-,11+,12+/m1/s1. The zero-order chi connectivity index (χ0) is 18.2. The quantitative estimate of drug-likeness (QED) is 0.262. The first-order valence-corrected chi connectivity index (χ1v) is 13.1. The third-order valence-corrected chi connectivity index (χ3v) is 11.7. The predicted octanol–water partition coefficient (Wildman–Crippen LogP) is 6.00. The lowest BCUT2D eigenvalue weighted by molar-refractivity contribution is 0.0689. The Morgan fingerprint density at radius 2 is 1.78 bits per heavy atom. The number of alkyl halides is 4. The molecule has 23 heavy (non-hydrogen) atoms. The van der Waals surface area contributed by atoms with Crippen molar-refractivity contribution in [1.29, 1.82) is 0 Å². The van der Waals surface area contributed by atoms with Crippen LogP contribution in [0.1, 0.15) is 34.6 Å². The second-order valence-electron chi connectivity index (χ2n) is 7.84. The van der Waals surface area contributed by atoms with Crippen LogP contribution < -0.4 is 0 Å². The fourth-order valence-electron chi connectivity index (χ4n) is 2.00. The largest absolute Gasteiger partial charge is 0.475 e. The van der Waals surface area contributed by atoms with E-state index in [1.165, 1.54) is 0 Å². The number of nitrogens with zero attached hydrogens (tertiary/aromatic N) is 1. The Hall–Kier alpha value is 1.25. The van der Waals surface area contributed by atoms with Gasteiger partial charge < -0.3 is 9.16 Å². The lowest BCUT2D eigenvalue weighted by atomic mass is 9.99. The molecule has 0 saturated carbocycles. The first-order chi connectivity index (χ1) is 10.2. The molecule has 0 saturated heterocycles. The summed E-state index contributed by atoms with van der Waals surface area (Å²) >= 11 is 20.3. The van der Waals surface area contributed by atoms with Gasteiger partial charge in [-0.05, 0) is 24.1 Å². The molecule has 1 aliphatic heterocycles. The van der Waals surface area contributed by atoms with E-state index in [1.54, 1.807) is 0 Å². The van der Waals surface area contributed by atoms with Gasteiger partial charge in [0.2, 0.25) is 5.90 Å². The van der Waals surface area contributed by atoms with Crippen LogP contribution in [0.2, 0.25) is 18.1 Å². The molecule has 0 aromatic rings. The van der Waals surface area contributed by atoms with E-state index in [4.69, 9.17) is 44.0 Å². The van der Waals surface area contributed by atoms with Gasteiger partial charge in [0.1, 0.15) is 12.7 Å². The molecule has 0 bridgehead atoms. The molecule has 0 amide bonds. The molecule has 0 N–H and O–H groups in total. The molecule has 3 nitrogen and oxygen atoms in total. The molecule has 3 atom stereocenters. The number of halogens is 4. The Morgan fingerprint density at radius 3 is 2.17 bits per heavy atom. The fourth-order valence-corrected chi connectivity index (χ4v) is 4.25. The lowest BCUT2D eigenvalue weighted by Crippen LogP contribution is -2.53. The number of hydrogen-bond acceptors (Lipinski definition) is 3. The highest BCUT2D eigenvalue weighted by Gasteiger charge is 2.45. The van der Waals surface area contributed by atoms with E-state index in [1.807, 2.05) is 0 Å². The van der Waals surface area contributed by atoms with Crippen LogP contribution in [-0.2, 0) is 9.16 Å². The molecule has 0 spiro atoms. The number of aliphatic imine (C=N–C) groups is 1. The molecule has 1 heterocycles. The van der Waals surface area contributed by atoms with Crippen LogP contribution in [0.4, 0.5) is 0 Å². The maximum atomic E-state index is 6.56. The van der Waals surface area contributed by atoms with E-state index in [0.717, 1.165) is 0 Å². The summed E-state index contributed by atoms with van der Waals surface area (Å²) < 4.78 is 10.8. The highest BCUT2D eigenvalue weighted by molar-refractivity contribution is 14.1. The van der Waals surface area contributed by atoms with Crippen LogP contribution in [-0.4, -0.2) is 40.7 Å². The minimum Gasteiger partial charge on any atom is -0.475 e. The topological polar surface area (TPSA) is 30.8 Å². The third-order valence-electron chi connectivity index (χ3n) is 4.49. The molecule has 0 aromatic heterocycles. The summed E-state index contributed by atoms with van der Waals surface area (Å²) in [5.74, 6) is 0.606. The SMILES string of the molecule is CC(C)[C@H](I)[C@H]1N=C(C(Cl)(Cl)Cl)OC[C@H]1O[Si](C)(C)C(C)(C)C. The Kier molecular flexibility index (Phi) is 7.62. The van der Waals surface area contributed by atoms with Crippen molar-refractivity contribution < 1.29 is 9.16 Å². The lowest BCUT2D eigenvalue weighted by Gasteiger charge is -2.43. The zero-order valence-electron chi connectivity index (χ0n) is 14.8. The van der Waals surface area contributed by atoms with Gasteiger partial charge in [0.05, 0.1) is 6.04 Å². The van der Waals surface area contributed by atoms with Crippen LogP contribution >= 0.6 is 57.4 Å². The molecule has 1 rings (SSSR count). The van der Waals surface area contributed by atoms with Crippen LogP contribution in [0, 0.1) is 5.92 Å². The summed E-state index contributed by atoms with van der Waals surface area (Å²) in [6.45, 7) is 15.8. The maximum absolute atomic E-state index is 6.56. The summed E-state index contributed by atoms with van der Waals surface area (Å²) in [5.41, 5.74) is 0. The highest BCUT2D eigenvalue weighted by atomic mass is 127. The molecule has 1 aliphatic rings. The van der Waals surface area contributed by atoms with E-state index in [-0.39, 0.29) is 27.0 Å². The van der Waals surface area contributed by atoms with E-state index in [2.05, 4.69) is 75.3 Å². The molecule has 0 radical (unpaired) electrons. The summed E-state index contributed by atoms with van der Waals surface area (Å²) in [4.78, 5) is 4.61. The minimum atomic E-state index is -1.93. The molecule has 0 unspecified atom stereocenters. The smallest absolute Gasteiger partial charge is 0.266 e. The maximum Gasteiger partial charge on any atom is 0.266 e. The number of hydrogen-bond donors (Lipinski definition) is 0. The second-order valence-corrected chi connectivity index (χ2v) is 16.3. The minimum absolute atomic E-state index is 0.0795. The van der Waals surface area contributed by atoms with E-state index < -0.39 is 12.1 Å². The average molecular weight is 515 g/mol.